The molecule has 1 aliphatic carbocycles. The van der Waals surface area contributed by atoms with Gasteiger partial charge in [0.25, 0.3) is 5.91 Å². The number of hydrogen-bond donors (Lipinski definition) is 2. The van der Waals surface area contributed by atoms with Crippen LogP contribution in [0.5, 0.6) is 0 Å². The van der Waals surface area contributed by atoms with Gasteiger partial charge < -0.3 is 15.4 Å². The third kappa shape index (κ3) is 4.27. The van der Waals surface area contributed by atoms with Gasteiger partial charge in [0.1, 0.15) is 0 Å². The van der Waals surface area contributed by atoms with Gasteiger partial charge >= 0.3 is 0 Å². The number of thiophene rings is 1. The summed E-state index contributed by atoms with van der Waals surface area (Å²) in [5, 5.41) is 8.63. The van der Waals surface area contributed by atoms with Crippen LogP contribution in [-0.4, -0.2) is 39.3 Å². The lowest BCUT2D eigenvalue weighted by Crippen LogP contribution is -2.47. The van der Waals surface area contributed by atoms with E-state index in [1.165, 1.54) is 23.3 Å². The van der Waals surface area contributed by atoms with Crippen LogP contribution in [0.25, 0.3) is 0 Å². The van der Waals surface area contributed by atoms with Crippen molar-refractivity contribution in [1.29, 1.82) is 0 Å². The van der Waals surface area contributed by atoms with Crippen molar-refractivity contribution in [2.45, 2.75) is 38.5 Å². The van der Waals surface area contributed by atoms with E-state index in [-0.39, 0.29) is 23.7 Å². The summed E-state index contributed by atoms with van der Waals surface area (Å²) in [5.74, 6) is 0.105. The molecule has 0 saturated carbocycles. The second kappa shape index (κ2) is 8.47. The number of halogens is 1. The van der Waals surface area contributed by atoms with Gasteiger partial charge in [-0.15, -0.1) is 23.7 Å². The first-order valence-electron chi connectivity index (χ1n) is 8.31. The van der Waals surface area contributed by atoms with Gasteiger partial charge in [-0.2, -0.15) is 0 Å². The van der Waals surface area contributed by atoms with Crippen LogP contribution in [0.15, 0.2) is 5.38 Å². The zero-order chi connectivity index (χ0) is 15.4. The fourth-order valence-corrected chi connectivity index (χ4v) is 4.81. The maximum absolute atomic E-state index is 12.6. The molecule has 1 aromatic heterocycles. The molecule has 1 saturated heterocycles. The van der Waals surface area contributed by atoms with Crippen LogP contribution in [-0.2, 0) is 17.6 Å². The Hall–Kier alpha value is -0.620. The van der Waals surface area contributed by atoms with E-state index in [9.17, 15) is 4.79 Å². The Morgan fingerprint density at radius 1 is 1.35 bits per heavy atom. The van der Waals surface area contributed by atoms with Crippen LogP contribution in [0.1, 0.15) is 46.5 Å². The highest BCUT2D eigenvalue weighted by Crippen LogP contribution is 2.31. The Kier molecular flexibility index (Phi) is 6.89. The second-order valence-electron chi connectivity index (χ2n) is 6.62. The third-order valence-electron chi connectivity index (χ3n) is 5.04. The Morgan fingerprint density at radius 2 is 2.09 bits per heavy atom. The molecule has 2 aliphatic rings. The summed E-state index contributed by atoms with van der Waals surface area (Å²) in [6, 6.07) is 0. The van der Waals surface area contributed by atoms with Crippen molar-refractivity contribution in [2.75, 3.05) is 33.4 Å². The molecule has 0 spiro atoms. The maximum Gasteiger partial charge on any atom is 0.252 e. The number of hydrogen-bond acceptors (Lipinski definition) is 4. The van der Waals surface area contributed by atoms with Crippen molar-refractivity contribution >= 4 is 29.7 Å². The van der Waals surface area contributed by atoms with E-state index in [2.05, 4.69) is 16.0 Å². The lowest BCUT2D eigenvalue weighted by atomic mass is 9.79. The summed E-state index contributed by atoms with van der Waals surface area (Å²) in [7, 11) is 1.75. The molecule has 4 nitrogen and oxygen atoms in total. The standard InChI is InChI=1S/C17H26N2O2S.ClH/c1-21-12-17(6-8-18-9-7-17)11-19-16(20)14-10-22-15-5-3-2-4-13(14)15;/h10,18H,2-9,11-12H2,1H3,(H,19,20);1H. The first kappa shape index (κ1) is 18.7. The molecule has 2 N–H and O–H groups in total. The molecular weight excluding hydrogens is 332 g/mol. The van der Waals surface area contributed by atoms with E-state index in [0.29, 0.717) is 6.54 Å². The van der Waals surface area contributed by atoms with Gasteiger partial charge in [-0.1, -0.05) is 0 Å². The van der Waals surface area contributed by atoms with Crippen LogP contribution in [0.2, 0.25) is 0 Å². The van der Waals surface area contributed by atoms with Gasteiger partial charge in [-0.3, -0.25) is 4.79 Å². The molecule has 0 aromatic carbocycles. The molecule has 0 radical (unpaired) electrons. The number of ether oxygens (including phenoxy) is 1. The van der Waals surface area contributed by atoms with Crippen molar-refractivity contribution in [3.63, 3.8) is 0 Å². The van der Waals surface area contributed by atoms with Gasteiger partial charge in [-0.25, -0.2) is 0 Å². The van der Waals surface area contributed by atoms with Crippen LogP contribution in [0, 0.1) is 5.41 Å². The molecule has 1 amide bonds. The fraction of sp³-hybridized carbons (Fsp3) is 0.706. The number of carbonyl (C=O) groups is 1. The number of amides is 1. The molecule has 1 aliphatic heterocycles. The Labute approximate surface area is 148 Å². The van der Waals surface area contributed by atoms with Gasteiger partial charge in [0.15, 0.2) is 0 Å². The largest absolute Gasteiger partial charge is 0.384 e. The molecule has 130 valence electrons. The predicted molar refractivity (Wildman–Crippen MR) is 97.0 cm³/mol. The Balaban J connectivity index is 0.00000192. The molecule has 3 rings (SSSR count). The molecule has 1 aromatic rings. The van der Waals surface area contributed by atoms with Crippen LogP contribution >= 0.6 is 23.7 Å². The van der Waals surface area contributed by atoms with E-state index in [1.807, 2.05) is 0 Å². The van der Waals surface area contributed by atoms with Crippen molar-refractivity contribution < 1.29 is 9.53 Å². The number of methoxy groups -OCH3 is 1. The summed E-state index contributed by atoms with van der Waals surface area (Å²) in [6.07, 6.45) is 6.80. The molecule has 0 unspecified atom stereocenters. The Morgan fingerprint density at radius 3 is 2.83 bits per heavy atom. The Bertz CT molecular complexity index is 521. The fourth-order valence-electron chi connectivity index (χ4n) is 3.68. The normalized spacial score (nSPS) is 19.5. The lowest BCUT2D eigenvalue weighted by molar-refractivity contribution is 0.0511. The molecule has 1 fully saturated rings. The third-order valence-corrected chi connectivity index (χ3v) is 6.13. The van der Waals surface area contributed by atoms with Gasteiger partial charge in [0, 0.05) is 29.3 Å². The van der Waals surface area contributed by atoms with Crippen LogP contribution < -0.4 is 10.6 Å². The predicted octanol–water partition coefficient (Wildman–Crippen LogP) is 2.79. The smallest absolute Gasteiger partial charge is 0.252 e. The van der Waals surface area contributed by atoms with Gasteiger partial charge in [0.2, 0.25) is 0 Å². The zero-order valence-electron chi connectivity index (χ0n) is 13.8. The number of piperidine rings is 1. The topological polar surface area (TPSA) is 50.4 Å². The molecule has 6 heteroatoms. The summed E-state index contributed by atoms with van der Waals surface area (Å²) in [4.78, 5) is 14.0. The van der Waals surface area contributed by atoms with E-state index < -0.39 is 0 Å². The molecule has 2 heterocycles. The highest BCUT2D eigenvalue weighted by atomic mass is 35.5. The SMILES string of the molecule is COCC1(CNC(=O)c2csc3c2CCCC3)CCNCC1.Cl. The number of fused-ring (bicyclic) bond motifs is 1. The number of carbonyl (C=O) groups excluding carboxylic acids is 1. The average Bonchev–Trinajstić information content (AvgIpc) is 2.98. The number of nitrogens with one attached hydrogen (secondary N) is 2. The summed E-state index contributed by atoms with van der Waals surface area (Å²) < 4.78 is 5.42. The van der Waals surface area contributed by atoms with Crippen molar-refractivity contribution in [1.82, 2.24) is 10.6 Å². The minimum absolute atomic E-state index is 0. The number of rotatable bonds is 5. The lowest BCUT2D eigenvalue weighted by Gasteiger charge is -2.37. The summed E-state index contributed by atoms with van der Waals surface area (Å²) >= 11 is 1.76. The maximum atomic E-state index is 12.6. The summed E-state index contributed by atoms with van der Waals surface area (Å²) in [6.45, 7) is 3.45. The van der Waals surface area contributed by atoms with Gasteiger partial charge in [0.05, 0.1) is 12.2 Å². The van der Waals surface area contributed by atoms with Crippen LogP contribution in [0.4, 0.5) is 0 Å². The summed E-state index contributed by atoms with van der Waals surface area (Å²) in [5.41, 5.74) is 2.31. The van der Waals surface area contributed by atoms with E-state index in [0.717, 1.165) is 50.9 Å². The average molecular weight is 359 g/mol. The van der Waals surface area contributed by atoms with Crippen LogP contribution in [0.3, 0.4) is 0 Å². The molecular formula is C17H27ClN2O2S. The monoisotopic (exact) mass is 358 g/mol. The second-order valence-corrected chi connectivity index (χ2v) is 7.59. The first-order chi connectivity index (χ1) is 10.7. The van der Waals surface area contributed by atoms with E-state index in [4.69, 9.17) is 4.74 Å². The highest BCUT2D eigenvalue weighted by Gasteiger charge is 2.33. The zero-order valence-corrected chi connectivity index (χ0v) is 15.4. The van der Waals surface area contributed by atoms with Gasteiger partial charge in [-0.05, 0) is 57.2 Å². The minimum atomic E-state index is 0. The van der Waals surface area contributed by atoms with Crippen molar-refractivity contribution in [2.24, 2.45) is 5.41 Å². The molecule has 23 heavy (non-hydrogen) atoms. The minimum Gasteiger partial charge on any atom is -0.384 e. The highest BCUT2D eigenvalue weighted by molar-refractivity contribution is 7.10. The van der Waals surface area contributed by atoms with E-state index >= 15 is 0 Å². The number of aryl methyl sites for hydroxylation is 1. The first-order valence-corrected chi connectivity index (χ1v) is 9.19. The van der Waals surface area contributed by atoms with Crippen molar-refractivity contribution in [3.05, 3.63) is 21.4 Å². The van der Waals surface area contributed by atoms with E-state index in [1.54, 1.807) is 18.4 Å². The molecule has 0 bridgehead atoms. The quantitative estimate of drug-likeness (QED) is 0.851. The van der Waals surface area contributed by atoms with Crippen molar-refractivity contribution in [3.8, 4) is 0 Å². The molecule has 0 atom stereocenters.